The molecule has 21 heavy (non-hydrogen) atoms. The highest BCUT2D eigenvalue weighted by molar-refractivity contribution is 5.90. The molecule has 0 fully saturated rings. The highest BCUT2D eigenvalue weighted by Gasteiger charge is 2.09. The van der Waals surface area contributed by atoms with Crippen molar-refractivity contribution >= 4 is 11.7 Å². The zero-order valence-electron chi connectivity index (χ0n) is 13.0. The standard InChI is InChI=1S/C18H21NO2/c1-12-6-5-7-13(2)16(12)11-19-17-10-15(18(20)21-4)9-8-14(17)3/h5-10,19H,11H2,1-4H3. The summed E-state index contributed by atoms with van der Waals surface area (Å²) in [5.74, 6) is -0.315. The number of anilines is 1. The van der Waals surface area contributed by atoms with Crippen molar-refractivity contribution in [1.29, 1.82) is 0 Å². The van der Waals surface area contributed by atoms with Crippen LogP contribution in [-0.4, -0.2) is 13.1 Å². The molecule has 2 aromatic rings. The monoisotopic (exact) mass is 283 g/mol. The van der Waals surface area contributed by atoms with Crippen LogP contribution in [0.5, 0.6) is 0 Å². The maximum Gasteiger partial charge on any atom is 0.337 e. The molecule has 0 heterocycles. The lowest BCUT2D eigenvalue weighted by Gasteiger charge is -2.14. The highest BCUT2D eigenvalue weighted by Crippen LogP contribution is 2.20. The Balaban J connectivity index is 2.22. The summed E-state index contributed by atoms with van der Waals surface area (Å²) in [4.78, 5) is 11.6. The number of benzene rings is 2. The topological polar surface area (TPSA) is 38.3 Å². The minimum Gasteiger partial charge on any atom is -0.465 e. The third-order valence-corrected chi connectivity index (χ3v) is 3.76. The maximum atomic E-state index is 11.6. The van der Waals surface area contributed by atoms with Crippen molar-refractivity contribution in [3.8, 4) is 0 Å². The summed E-state index contributed by atoms with van der Waals surface area (Å²) < 4.78 is 4.77. The number of esters is 1. The van der Waals surface area contributed by atoms with Gasteiger partial charge in [0.15, 0.2) is 0 Å². The Labute approximate surface area is 126 Å². The van der Waals surface area contributed by atoms with E-state index in [1.807, 2.05) is 19.1 Å². The van der Waals surface area contributed by atoms with Crippen LogP contribution in [0.2, 0.25) is 0 Å². The van der Waals surface area contributed by atoms with Crippen LogP contribution in [0.3, 0.4) is 0 Å². The normalized spacial score (nSPS) is 10.3. The van der Waals surface area contributed by atoms with Gasteiger partial charge >= 0.3 is 5.97 Å². The first-order valence-electron chi connectivity index (χ1n) is 7.01. The van der Waals surface area contributed by atoms with E-state index in [1.165, 1.54) is 23.8 Å². The fraction of sp³-hybridized carbons (Fsp3) is 0.278. The second-order valence-electron chi connectivity index (χ2n) is 5.25. The smallest absolute Gasteiger partial charge is 0.337 e. The number of ether oxygens (including phenoxy) is 1. The number of methoxy groups -OCH3 is 1. The lowest BCUT2D eigenvalue weighted by molar-refractivity contribution is 0.0601. The SMILES string of the molecule is COC(=O)c1ccc(C)c(NCc2c(C)cccc2C)c1. The van der Waals surface area contributed by atoms with Gasteiger partial charge in [-0.15, -0.1) is 0 Å². The van der Waals surface area contributed by atoms with Crippen molar-refractivity contribution in [2.45, 2.75) is 27.3 Å². The molecular formula is C18H21NO2. The van der Waals surface area contributed by atoms with Crippen LogP contribution in [0.1, 0.15) is 32.6 Å². The van der Waals surface area contributed by atoms with Gasteiger partial charge in [0.1, 0.15) is 0 Å². The molecule has 3 nitrogen and oxygen atoms in total. The summed E-state index contributed by atoms with van der Waals surface area (Å²) in [7, 11) is 1.39. The molecule has 2 rings (SSSR count). The molecule has 0 bridgehead atoms. The van der Waals surface area contributed by atoms with Crippen LogP contribution in [0.4, 0.5) is 5.69 Å². The maximum absolute atomic E-state index is 11.6. The number of carbonyl (C=O) groups is 1. The van der Waals surface area contributed by atoms with E-state index in [2.05, 4.69) is 37.4 Å². The first-order chi connectivity index (χ1) is 10.0. The number of nitrogens with one attached hydrogen (secondary N) is 1. The van der Waals surface area contributed by atoms with Gasteiger partial charge in [0, 0.05) is 12.2 Å². The van der Waals surface area contributed by atoms with E-state index in [0.717, 1.165) is 17.8 Å². The van der Waals surface area contributed by atoms with E-state index in [-0.39, 0.29) is 5.97 Å². The Hall–Kier alpha value is -2.29. The van der Waals surface area contributed by atoms with Crippen LogP contribution >= 0.6 is 0 Å². The van der Waals surface area contributed by atoms with Crippen molar-refractivity contribution in [2.75, 3.05) is 12.4 Å². The zero-order chi connectivity index (χ0) is 15.4. The predicted molar refractivity (Wildman–Crippen MR) is 85.8 cm³/mol. The molecule has 0 unspecified atom stereocenters. The van der Waals surface area contributed by atoms with Crippen LogP contribution in [0.15, 0.2) is 36.4 Å². The number of aryl methyl sites for hydroxylation is 3. The average molecular weight is 283 g/mol. The van der Waals surface area contributed by atoms with Gasteiger partial charge in [0.2, 0.25) is 0 Å². The number of hydrogen-bond acceptors (Lipinski definition) is 3. The average Bonchev–Trinajstić information content (AvgIpc) is 2.47. The molecule has 0 saturated heterocycles. The molecule has 0 amide bonds. The summed E-state index contributed by atoms with van der Waals surface area (Å²) in [6.45, 7) is 6.99. The van der Waals surface area contributed by atoms with Crippen molar-refractivity contribution in [3.05, 3.63) is 64.2 Å². The zero-order valence-corrected chi connectivity index (χ0v) is 13.0. The first-order valence-corrected chi connectivity index (χ1v) is 7.01. The highest BCUT2D eigenvalue weighted by atomic mass is 16.5. The fourth-order valence-corrected chi connectivity index (χ4v) is 2.37. The molecule has 0 saturated carbocycles. The minimum atomic E-state index is -0.315. The summed E-state index contributed by atoms with van der Waals surface area (Å²) in [6, 6.07) is 11.8. The molecule has 0 aromatic heterocycles. The van der Waals surface area contributed by atoms with E-state index < -0.39 is 0 Å². The number of carbonyl (C=O) groups excluding carboxylic acids is 1. The molecule has 0 aliphatic rings. The second-order valence-corrected chi connectivity index (χ2v) is 5.25. The van der Waals surface area contributed by atoms with Crippen molar-refractivity contribution in [3.63, 3.8) is 0 Å². The van der Waals surface area contributed by atoms with E-state index in [1.54, 1.807) is 6.07 Å². The minimum absolute atomic E-state index is 0.315. The molecule has 0 aliphatic heterocycles. The van der Waals surface area contributed by atoms with Gasteiger partial charge in [0.25, 0.3) is 0 Å². The number of hydrogen-bond donors (Lipinski definition) is 1. The molecule has 1 N–H and O–H groups in total. The number of rotatable bonds is 4. The third kappa shape index (κ3) is 3.43. The Bertz CT molecular complexity index is 642. The fourth-order valence-electron chi connectivity index (χ4n) is 2.37. The molecule has 0 radical (unpaired) electrons. The van der Waals surface area contributed by atoms with Gasteiger partial charge in [-0.1, -0.05) is 24.3 Å². The van der Waals surface area contributed by atoms with Crippen LogP contribution < -0.4 is 5.32 Å². The van der Waals surface area contributed by atoms with Crippen molar-refractivity contribution in [2.24, 2.45) is 0 Å². The van der Waals surface area contributed by atoms with E-state index >= 15 is 0 Å². The van der Waals surface area contributed by atoms with Crippen molar-refractivity contribution < 1.29 is 9.53 Å². The van der Waals surface area contributed by atoms with Gasteiger partial charge < -0.3 is 10.1 Å². The van der Waals surface area contributed by atoms with E-state index in [9.17, 15) is 4.79 Å². The molecule has 3 heteroatoms. The molecule has 0 atom stereocenters. The largest absolute Gasteiger partial charge is 0.465 e. The van der Waals surface area contributed by atoms with Crippen LogP contribution in [0, 0.1) is 20.8 Å². The Morgan fingerprint density at radius 2 is 1.71 bits per heavy atom. The van der Waals surface area contributed by atoms with Gasteiger partial charge in [0.05, 0.1) is 12.7 Å². The summed E-state index contributed by atoms with van der Waals surface area (Å²) in [6.07, 6.45) is 0. The van der Waals surface area contributed by atoms with Crippen LogP contribution in [0.25, 0.3) is 0 Å². The quantitative estimate of drug-likeness (QED) is 0.862. The van der Waals surface area contributed by atoms with E-state index in [4.69, 9.17) is 4.74 Å². The molecule has 2 aromatic carbocycles. The van der Waals surface area contributed by atoms with Crippen LogP contribution in [-0.2, 0) is 11.3 Å². The Morgan fingerprint density at radius 3 is 2.33 bits per heavy atom. The Kier molecular flexibility index (Phi) is 4.63. The van der Waals surface area contributed by atoms with E-state index in [0.29, 0.717) is 5.56 Å². The predicted octanol–water partition coefficient (Wildman–Crippen LogP) is 4.01. The summed E-state index contributed by atoms with van der Waals surface area (Å²) >= 11 is 0. The second kappa shape index (κ2) is 6.44. The van der Waals surface area contributed by atoms with Gasteiger partial charge in [-0.2, -0.15) is 0 Å². The van der Waals surface area contributed by atoms with Gasteiger partial charge in [-0.3, -0.25) is 0 Å². The Morgan fingerprint density at radius 1 is 1.05 bits per heavy atom. The molecule has 110 valence electrons. The molecule has 0 spiro atoms. The lowest BCUT2D eigenvalue weighted by atomic mass is 10.0. The first kappa shape index (κ1) is 15.1. The third-order valence-electron chi connectivity index (χ3n) is 3.76. The lowest BCUT2D eigenvalue weighted by Crippen LogP contribution is -2.07. The molecular weight excluding hydrogens is 262 g/mol. The van der Waals surface area contributed by atoms with Crippen molar-refractivity contribution in [1.82, 2.24) is 0 Å². The summed E-state index contributed by atoms with van der Waals surface area (Å²) in [5, 5.41) is 3.42. The molecule has 0 aliphatic carbocycles. The van der Waals surface area contributed by atoms with Gasteiger partial charge in [-0.25, -0.2) is 4.79 Å². The summed E-state index contributed by atoms with van der Waals surface area (Å²) in [5.41, 5.74) is 6.45. The van der Waals surface area contributed by atoms with Gasteiger partial charge in [-0.05, 0) is 55.2 Å².